The van der Waals surface area contributed by atoms with Gasteiger partial charge in [-0.1, -0.05) is 19.9 Å². The number of nitrogens with one attached hydrogen (secondary N) is 1. The van der Waals surface area contributed by atoms with Gasteiger partial charge in [-0.25, -0.2) is 4.39 Å². The minimum absolute atomic E-state index is 0.0125. The molecule has 3 N–H and O–H groups in total. The average molecular weight is 294 g/mol. The molecule has 21 heavy (non-hydrogen) atoms. The Bertz CT molecular complexity index is 456. The molecule has 1 aromatic carbocycles. The van der Waals surface area contributed by atoms with Gasteiger partial charge in [0.1, 0.15) is 0 Å². The van der Waals surface area contributed by atoms with Gasteiger partial charge >= 0.3 is 0 Å². The molecule has 4 heteroatoms. The SMILES string of the molecule is COc1ccc(C(NN)C2CCC(C(C)C)CC2)cc1F. The highest BCUT2D eigenvalue weighted by atomic mass is 19.1. The van der Waals surface area contributed by atoms with E-state index >= 15 is 0 Å². The number of nitrogens with two attached hydrogens (primary N) is 1. The van der Waals surface area contributed by atoms with Crippen LogP contribution in [0.3, 0.4) is 0 Å². The van der Waals surface area contributed by atoms with Crippen molar-refractivity contribution in [3.63, 3.8) is 0 Å². The summed E-state index contributed by atoms with van der Waals surface area (Å²) >= 11 is 0. The molecule has 1 saturated carbocycles. The van der Waals surface area contributed by atoms with E-state index < -0.39 is 0 Å². The van der Waals surface area contributed by atoms with Crippen LogP contribution in [-0.2, 0) is 0 Å². The minimum atomic E-state index is -0.328. The molecule has 0 heterocycles. The predicted molar refractivity (Wildman–Crippen MR) is 83.3 cm³/mol. The summed E-state index contributed by atoms with van der Waals surface area (Å²) in [6.07, 6.45) is 4.76. The van der Waals surface area contributed by atoms with E-state index in [0.717, 1.165) is 30.2 Å². The number of hydrogen-bond donors (Lipinski definition) is 2. The van der Waals surface area contributed by atoms with E-state index in [4.69, 9.17) is 10.6 Å². The summed E-state index contributed by atoms with van der Waals surface area (Å²) in [5.41, 5.74) is 3.80. The van der Waals surface area contributed by atoms with E-state index in [-0.39, 0.29) is 17.6 Å². The first-order chi connectivity index (χ1) is 10.1. The Hall–Kier alpha value is -1.13. The highest BCUT2D eigenvalue weighted by molar-refractivity contribution is 5.31. The highest BCUT2D eigenvalue weighted by Crippen LogP contribution is 2.39. The number of rotatable bonds is 5. The fourth-order valence-electron chi connectivity index (χ4n) is 3.53. The maximum Gasteiger partial charge on any atom is 0.165 e. The smallest absolute Gasteiger partial charge is 0.165 e. The monoisotopic (exact) mass is 294 g/mol. The van der Waals surface area contributed by atoms with Crippen molar-refractivity contribution in [2.24, 2.45) is 23.6 Å². The van der Waals surface area contributed by atoms with E-state index in [1.54, 1.807) is 6.07 Å². The third-order valence-corrected chi connectivity index (χ3v) is 4.95. The normalized spacial score (nSPS) is 24.1. The first-order valence-electron chi connectivity index (χ1n) is 7.86. The van der Waals surface area contributed by atoms with E-state index in [9.17, 15) is 4.39 Å². The Balaban J connectivity index is 2.08. The number of hydrazine groups is 1. The third kappa shape index (κ3) is 3.74. The predicted octanol–water partition coefficient (Wildman–Crippen LogP) is 3.80. The Labute approximate surface area is 127 Å². The number of halogens is 1. The molecule has 0 aliphatic heterocycles. The van der Waals surface area contributed by atoms with Gasteiger partial charge in [0.15, 0.2) is 11.6 Å². The van der Waals surface area contributed by atoms with Gasteiger partial charge in [-0.3, -0.25) is 11.3 Å². The topological polar surface area (TPSA) is 47.3 Å². The molecule has 0 radical (unpaired) electrons. The van der Waals surface area contributed by atoms with Crippen LogP contribution in [0.25, 0.3) is 0 Å². The van der Waals surface area contributed by atoms with Crippen LogP contribution < -0.4 is 16.0 Å². The van der Waals surface area contributed by atoms with Gasteiger partial charge in [0.2, 0.25) is 0 Å². The van der Waals surface area contributed by atoms with Gasteiger partial charge in [0, 0.05) is 6.04 Å². The molecular formula is C17H27FN2O. The van der Waals surface area contributed by atoms with Crippen LogP contribution in [0.2, 0.25) is 0 Å². The average Bonchev–Trinajstić information content (AvgIpc) is 2.49. The lowest BCUT2D eigenvalue weighted by atomic mass is 9.73. The first-order valence-corrected chi connectivity index (χ1v) is 7.86. The van der Waals surface area contributed by atoms with E-state index in [1.807, 2.05) is 6.07 Å². The standard InChI is InChI=1S/C17H27FN2O/c1-11(2)12-4-6-13(7-5-12)17(20-19)14-8-9-16(21-3)15(18)10-14/h8-13,17,20H,4-7,19H2,1-3H3. The Morgan fingerprint density at radius 2 is 1.81 bits per heavy atom. The van der Waals surface area contributed by atoms with Crippen molar-refractivity contribution in [1.29, 1.82) is 0 Å². The van der Waals surface area contributed by atoms with E-state index in [2.05, 4.69) is 19.3 Å². The van der Waals surface area contributed by atoms with Crippen LogP contribution in [0.1, 0.15) is 51.1 Å². The van der Waals surface area contributed by atoms with Gasteiger partial charge in [-0.15, -0.1) is 0 Å². The Morgan fingerprint density at radius 1 is 1.19 bits per heavy atom. The van der Waals surface area contributed by atoms with Crippen LogP contribution in [0, 0.1) is 23.6 Å². The fourth-order valence-corrected chi connectivity index (χ4v) is 3.53. The van der Waals surface area contributed by atoms with Gasteiger partial charge < -0.3 is 4.74 Å². The summed E-state index contributed by atoms with van der Waals surface area (Å²) < 4.78 is 18.9. The molecule has 0 saturated heterocycles. The summed E-state index contributed by atoms with van der Waals surface area (Å²) in [6, 6.07) is 5.13. The van der Waals surface area contributed by atoms with E-state index in [0.29, 0.717) is 5.92 Å². The molecule has 118 valence electrons. The van der Waals surface area contributed by atoms with Crippen LogP contribution >= 0.6 is 0 Å². The zero-order valence-corrected chi connectivity index (χ0v) is 13.2. The van der Waals surface area contributed by atoms with Crippen LogP contribution in [-0.4, -0.2) is 7.11 Å². The molecule has 1 aromatic rings. The van der Waals surface area contributed by atoms with Crippen molar-refractivity contribution in [2.75, 3.05) is 7.11 Å². The number of methoxy groups -OCH3 is 1. The lowest BCUT2D eigenvalue weighted by Gasteiger charge is -2.35. The summed E-state index contributed by atoms with van der Waals surface area (Å²) in [5.74, 6) is 7.72. The van der Waals surface area contributed by atoms with Crippen molar-refractivity contribution in [2.45, 2.75) is 45.6 Å². The fraction of sp³-hybridized carbons (Fsp3) is 0.647. The van der Waals surface area contributed by atoms with Crippen LogP contribution in [0.5, 0.6) is 5.75 Å². The molecule has 0 aromatic heterocycles. The summed E-state index contributed by atoms with van der Waals surface area (Å²) in [7, 11) is 1.48. The summed E-state index contributed by atoms with van der Waals surface area (Å²) in [4.78, 5) is 0. The van der Waals surface area contributed by atoms with Crippen LogP contribution in [0.4, 0.5) is 4.39 Å². The Kier molecular flexibility index (Phi) is 5.59. The summed E-state index contributed by atoms with van der Waals surface area (Å²) in [6.45, 7) is 4.59. The Morgan fingerprint density at radius 3 is 2.29 bits per heavy atom. The van der Waals surface area contributed by atoms with Crippen molar-refractivity contribution in [3.8, 4) is 5.75 Å². The second-order valence-electron chi connectivity index (χ2n) is 6.46. The second kappa shape index (κ2) is 7.23. The maximum atomic E-state index is 13.9. The van der Waals surface area contributed by atoms with Gasteiger partial charge in [-0.2, -0.15) is 0 Å². The molecule has 0 bridgehead atoms. The molecular weight excluding hydrogens is 267 g/mol. The molecule has 1 atom stereocenters. The number of hydrogen-bond acceptors (Lipinski definition) is 3. The molecule has 1 aliphatic rings. The molecule has 1 aliphatic carbocycles. The molecule has 1 fully saturated rings. The summed E-state index contributed by atoms with van der Waals surface area (Å²) in [5, 5.41) is 0. The van der Waals surface area contributed by atoms with Crippen LogP contribution in [0.15, 0.2) is 18.2 Å². The number of ether oxygens (including phenoxy) is 1. The highest BCUT2D eigenvalue weighted by Gasteiger charge is 2.29. The largest absolute Gasteiger partial charge is 0.494 e. The minimum Gasteiger partial charge on any atom is -0.494 e. The van der Waals surface area contributed by atoms with Crippen molar-refractivity contribution >= 4 is 0 Å². The van der Waals surface area contributed by atoms with E-state index in [1.165, 1.54) is 26.0 Å². The van der Waals surface area contributed by atoms with Gasteiger partial charge in [0.25, 0.3) is 0 Å². The van der Waals surface area contributed by atoms with Gasteiger partial charge in [-0.05, 0) is 61.1 Å². The molecule has 2 rings (SSSR count). The first kappa shape index (κ1) is 16.2. The number of benzene rings is 1. The zero-order valence-electron chi connectivity index (χ0n) is 13.2. The zero-order chi connectivity index (χ0) is 15.4. The molecule has 3 nitrogen and oxygen atoms in total. The van der Waals surface area contributed by atoms with Crippen molar-refractivity contribution < 1.29 is 9.13 Å². The quantitative estimate of drug-likeness (QED) is 0.641. The van der Waals surface area contributed by atoms with Gasteiger partial charge in [0.05, 0.1) is 7.11 Å². The maximum absolute atomic E-state index is 13.9. The molecule has 0 amide bonds. The second-order valence-corrected chi connectivity index (χ2v) is 6.46. The molecule has 0 spiro atoms. The molecule has 1 unspecified atom stereocenters. The van der Waals surface area contributed by atoms with Crippen molar-refractivity contribution in [3.05, 3.63) is 29.6 Å². The third-order valence-electron chi connectivity index (χ3n) is 4.95. The van der Waals surface area contributed by atoms with Crippen molar-refractivity contribution in [1.82, 2.24) is 5.43 Å². The lowest BCUT2D eigenvalue weighted by molar-refractivity contribution is 0.189. The lowest BCUT2D eigenvalue weighted by Crippen LogP contribution is -2.35.